The number of nitrogens with one attached hydrogen (secondary N) is 1. The number of hydrogen-bond donors (Lipinski definition) is 1. The van der Waals surface area contributed by atoms with Gasteiger partial charge in [0.25, 0.3) is 11.6 Å². The number of rotatable bonds is 2. The van der Waals surface area contributed by atoms with Gasteiger partial charge in [-0.2, -0.15) is 0 Å². The number of carbonyl (C=O) groups excluding carboxylic acids is 1. The first kappa shape index (κ1) is 14.1. The van der Waals surface area contributed by atoms with Crippen LogP contribution in [0.3, 0.4) is 0 Å². The normalized spacial score (nSPS) is 13.7. The van der Waals surface area contributed by atoms with Crippen LogP contribution in [0.5, 0.6) is 0 Å². The van der Waals surface area contributed by atoms with Crippen molar-refractivity contribution in [1.29, 1.82) is 0 Å². The minimum Gasteiger partial charge on any atom is -0.383 e. The first-order valence-electron chi connectivity index (χ1n) is 7.06. The Bertz CT molecular complexity index is 730. The molecule has 0 spiro atoms. The van der Waals surface area contributed by atoms with Crippen molar-refractivity contribution in [3.8, 4) is 0 Å². The fraction of sp³-hybridized carbons (Fsp3) is 0.188. The van der Waals surface area contributed by atoms with Crippen molar-refractivity contribution in [2.24, 2.45) is 0 Å². The lowest BCUT2D eigenvalue weighted by Gasteiger charge is -2.22. The van der Waals surface area contributed by atoms with Crippen LogP contribution in [0, 0.1) is 10.1 Å². The van der Waals surface area contributed by atoms with Gasteiger partial charge in [-0.15, -0.1) is 0 Å². The Morgan fingerprint density at radius 1 is 1.14 bits per heavy atom. The van der Waals surface area contributed by atoms with E-state index in [2.05, 4.69) is 5.32 Å². The summed E-state index contributed by atoms with van der Waals surface area (Å²) in [5, 5.41) is 14.4. The second-order valence-electron chi connectivity index (χ2n) is 5.03. The van der Waals surface area contributed by atoms with E-state index in [1.165, 1.54) is 12.1 Å². The van der Waals surface area contributed by atoms with Gasteiger partial charge in [-0.25, -0.2) is 0 Å². The van der Waals surface area contributed by atoms with Crippen molar-refractivity contribution in [2.45, 2.75) is 6.42 Å². The number of hydrogen-bond acceptors (Lipinski definition) is 4. The average Bonchev–Trinajstić information content (AvgIpc) is 2.76. The molecule has 6 nitrogen and oxygen atoms in total. The topological polar surface area (TPSA) is 75.5 Å². The highest BCUT2D eigenvalue weighted by atomic mass is 16.6. The maximum absolute atomic E-state index is 12.8. The maximum Gasteiger partial charge on any atom is 0.282 e. The molecular weight excluding hydrogens is 282 g/mol. The largest absolute Gasteiger partial charge is 0.383 e. The number of carbonyl (C=O) groups is 1. The Labute approximate surface area is 127 Å². The molecular formula is C16H15N3O3. The zero-order valence-electron chi connectivity index (χ0n) is 11.9. The lowest BCUT2D eigenvalue weighted by Crippen LogP contribution is -2.32. The number of nitro groups is 1. The summed E-state index contributed by atoms with van der Waals surface area (Å²) in [5.74, 6) is -0.344. The van der Waals surface area contributed by atoms with E-state index < -0.39 is 4.92 Å². The molecule has 0 atom stereocenters. The van der Waals surface area contributed by atoms with Gasteiger partial charge >= 0.3 is 0 Å². The van der Waals surface area contributed by atoms with E-state index in [-0.39, 0.29) is 17.2 Å². The van der Waals surface area contributed by atoms with Crippen LogP contribution >= 0.6 is 0 Å². The zero-order chi connectivity index (χ0) is 15.5. The third kappa shape index (κ3) is 2.50. The second kappa shape index (κ2) is 5.85. The minimum absolute atomic E-state index is 0.115. The van der Waals surface area contributed by atoms with Crippen LogP contribution in [0.1, 0.15) is 16.8 Å². The molecule has 0 unspecified atom stereocenters. The molecule has 1 N–H and O–H groups in total. The molecule has 0 bridgehead atoms. The molecule has 1 aliphatic heterocycles. The molecule has 112 valence electrons. The molecule has 0 radical (unpaired) electrons. The lowest BCUT2D eigenvalue weighted by molar-refractivity contribution is -0.385. The van der Waals surface area contributed by atoms with Gasteiger partial charge in [-0.05, 0) is 24.6 Å². The van der Waals surface area contributed by atoms with E-state index in [0.717, 1.165) is 24.3 Å². The molecule has 1 aliphatic rings. The molecule has 0 saturated carbocycles. The van der Waals surface area contributed by atoms with Crippen LogP contribution in [0.25, 0.3) is 0 Å². The Morgan fingerprint density at radius 2 is 1.86 bits per heavy atom. The van der Waals surface area contributed by atoms with Crippen LogP contribution < -0.4 is 10.2 Å². The molecule has 6 heteroatoms. The van der Waals surface area contributed by atoms with Crippen molar-refractivity contribution in [3.63, 3.8) is 0 Å². The van der Waals surface area contributed by atoms with Gasteiger partial charge in [0.2, 0.25) is 0 Å². The fourth-order valence-electron chi connectivity index (χ4n) is 2.61. The van der Waals surface area contributed by atoms with Crippen molar-refractivity contribution in [3.05, 3.63) is 64.2 Å². The van der Waals surface area contributed by atoms with Gasteiger partial charge in [0.15, 0.2) is 0 Å². The third-order valence-corrected chi connectivity index (χ3v) is 3.65. The van der Waals surface area contributed by atoms with Crippen molar-refractivity contribution in [2.75, 3.05) is 23.3 Å². The number of anilines is 2. The number of amides is 1. The number of nitro benzene ring substituents is 1. The molecule has 0 fully saturated rings. The second-order valence-corrected chi connectivity index (χ2v) is 5.03. The van der Waals surface area contributed by atoms with Crippen molar-refractivity contribution < 1.29 is 9.72 Å². The van der Waals surface area contributed by atoms with Gasteiger partial charge in [-0.3, -0.25) is 14.9 Å². The first-order chi connectivity index (χ1) is 10.7. The molecule has 0 saturated heterocycles. The predicted octanol–water partition coefficient (Wildman–Crippen LogP) is 3.06. The van der Waals surface area contributed by atoms with Crippen molar-refractivity contribution >= 4 is 23.0 Å². The third-order valence-electron chi connectivity index (χ3n) is 3.65. The maximum atomic E-state index is 12.8. The number of nitrogens with zero attached hydrogens (tertiary/aromatic N) is 2. The van der Waals surface area contributed by atoms with Gasteiger partial charge in [0.05, 0.1) is 16.3 Å². The van der Waals surface area contributed by atoms with E-state index in [0.29, 0.717) is 6.54 Å². The predicted molar refractivity (Wildman–Crippen MR) is 84.3 cm³/mol. The average molecular weight is 297 g/mol. The van der Waals surface area contributed by atoms with E-state index in [4.69, 9.17) is 0 Å². The standard InChI is InChI=1S/C16H15N3O3/c20-16(12-6-1-3-8-14(12)19(21)22)18-11-5-10-17-13-7-2-4-9-15(13)18/h1-4,6-9,17H,5,10-11H2. The Kier molecular flexibility index (Phi) is 3.74. The summed E-state index contributed by atoms with van der Waals surface area (Å²) in [6.45, 7) is 1.28. The van der Waals surface area contributed by atoms with E-state index in [1.807, 2.05) is 24.3 Å². The number of fused-ring (bicyclic) bond motifs is 1. The summed E-state index contributed by atoms with van der Waals surface area (Å²) in [6, 6.07) is 13.6. The SMILES string of the molecule is O=C(c1ccccc1[N+](=O)[O-])N1CCCNc2ccccc21. The fourth-order valence-corrected chi connectivity index (χ4v) is 2.61. The Hall–Kier alpha value is -2.89. The van der Waals surface area contributed by atoms with Gasteiger partial charge < -0.3 is 10.2 Å². The summed E-state index contributed by atoms with van der Waals surface area (Å²) in [6.07, 6.45) is 0.779. The molecule has 1 amide bonds. The highest BCUT2D eigenvalue weighted by Gasteiger charge is 2.27. The summed E-state index contributed by atoms with van der Waals surface area (Å²) in [4.78, 5) is 25.1. The minimum atomic E-state index is -0.519. The monoisotopic (exact) mass is 297 g/mol. The highest BCUT2D eigenvalue weighted by molar-refractivity contribution is 6.10. The molecule has 22 heavy (non-hydrogen) atoms. The first-order valence-corrected chi connectivity index (χ1v) is 7.06. The smallest absolute Gasteiger partial charge is 0.282 e. The van der Waals surface area contributed by atoms with E-state index in [1.54, 1.807) is 17.0 Å². The molecule has 1 heterocycles. The van der Waals surface area contributed by atoms with Crippen LogP contribution in [-0.2, 0) is 0 Å². The molecule has 2 aromatic carbocycles. The molecule has 2 aromatic rings. The summed E-state index contributed by atoms with van der Waals surface area (Å²) >= 11 is 0. The highest BCUT2D eigenvalue weighted by Crippen LogP contribution is 2.30. The van der Waals surface area contributed by atoms with Crippen LogP contribution in [0.4, 0.5) is 17.1 Å². The van der Waals surface area contributed by atoms with Crippen LogP contribution in [0.15, 0.2) is 48.5 Å². The van der Waals surface area contributed by atoms with Crippen molar-refractivity contribution in [1.82, 2.24) is 0 Å². The zero-order valence-corrected chi connectivity index (χ0v) is 11.9. The van der Waals surface area contributed by atoms with Crippen LogP contribution in [0.2, 0.25) is 0 Å². The number of para-hydroxylation sites is 3. The van der Waals surface area contributed by atoms with E-state index >= 15 is 0 Å². The summed E-state index contributed by atoms with van der Waals surface area (Å²) < 4.78 is 0. The Morgan fingerprint density at radius 3 is 2.68 bits per heavy atom. The lowest BCUT2D eigenvalue weighted by atomic mass is 10.1. The quantitative estimate of drug-likeness (QED) is 0.683. The molecule has 0 aromatic heterocycles. The van der Waals surface area contributed by atoms with Gasteiger partial charge in [0, 0.05) is 19.2 Å². The van der Waals surface area contributed by atoms with E-state index in [9.17, 15) is 14.9 Å². The Balaban J connectivity index is 2.04. The summed E-state index contributed by atoms with van der Waals surface area (Å²) in [7, 11) is 0. The summed E-state index contributed by atoms with van der Waals surface area (Å²) in [5.41, 5.74) is 1.57. The molecule has 0 aliphatic carbocycles. The van der Waals surface area contributed by atoms with Gasteiger partial charge in [0.1, 0.15) is 5.56 Å². The van der Waals surface area contributed by atoms with Gasteiger partial charge in [-0.1, -0.05) is 24.3 Å². The molecule has 3 rings (SSSR count). The number of benzene rings is 2. The van der Waals surface area contributed by atoms with Crippen LogP contribution in [-0.4, -0.2) is 23.9 Å².